The van der Waals surface area contributed by atoms with Gasteiger partial charge in [-0.2, -0.15) is 0 Å². The van der Waals surface area contributed by atoms with Crippen LogP contribution in [0.3, 0.4) is 0 Å². The minimum absolute atomic E-state index is 0.346. The van der Waals surface area contributed by atoms with Gasteiger partial charge in [0, 0.05) is 11.6 Å². The Hall–Kier alpha value is -1.85. The number of fused-ring (bicyclic) bond motifs is 1. The lowest BCUT2D eigenvalue weighted by atomic mass is 10.1. The molecule has 3 rings (SSSR count). The molecule has 0 fully saturated rings. The van der Waals surface area contributed by atoms with Gasteiger partial charge in [-0.15, -0.1) is 0 Å². The molecule has 0 bridgehead atoms. The zero-order valence-electron chi connectivity index (χ0n) is 10.8. The summed E-state index contributed by atoms with van der Waals surface area (Å²) in [7, 11) is 1.63. The molecule has 3 aromatic rings. The van der Waals surface area contributed by atoms with Gasteiger partial charge < -0.3 is 14.9 Å². The number of halogens is 1. The van der Waals surface area contributed by atoms with Crippen LogP contribution in [-0.4, -0.2) is 12.1 Å². The fourth-order valence-corrected chi connectivity index (χ4v) is 2.62. The molecule has 102 valence electrons. The highest BCUT2D eigenvalue weighted by Gasteiger charge is 2.20. The van der Waals surface area contributed by atoms with Crippen molar-refractivity contribution in [1.29, 1.82) is 0 Å². The van der Waals surface area contributed by atoms with Gasteiger partial charge in [0.05, 0.1) is 5.69 Å². The average molecular weight is 333 g/mol. The lowest BCUT2D eigenvalue weighted by Gasteiger charge is -2.11. The van der Waals surface area contributed by atoms with Crippen molar-refractivity contribution in [2.75, 3.05) is 12.8 Å². The molecule has 0 aliphatic carbocycles. The molecule has 2 aromatic carbocycles. The van der Waals surface area contributed by atoms with Crippen molar-refractivity contribution in [2.45, 2.75) is 6.10 Å². The second-order valence-corrected chi connectivity index (χ2v) is 5.34. The summed E-state index contributed by atoms with van der Waals surface area (Å²) in [6.45, 7) is 0. The number of nitrogens with two attached hydrogens (primary N) is 1. The van der Waals surface area contributed by atoms with Crippen LogP contribution in [0.1, 0.15) is 17.6 Å². The Morgan fingerprint density at radius 3 is 2.70 bits per heavy atom. The van der Waals surface area contributed by atoms with E-state index in [2.05, 4.69) is 20.9 Å². The van der Waals surface area contributed by atoms with Gasteiger partial charge in [0.15, 0.2) is 11.7 Å². The minimum atomic E-state index is -0.346. The Morgan fingerprint density at radius 2 is 2.00 bits per heavy atom. The first-order chi connectivity index (χ1) is 9.69. The van der Waals surface area contributed by atoms with Crippen molar-refractivity contribution in [3.05, 3.63) is 58.4 Å². The number of nitrogen functional groups attached to an aromatic ring is 1. The second kappa shape index (κ2) is 5.26. The van der Waals surface area contributed by atoms with E-state index >= 15 is 0 Å². The molecule has 1 aromatic heterocycles. The summed E-state index contributed by atoms with van der Waals surface area (Å²) >= 11 is 3.40. The second-order valence-electron chi connectivity index (χ2n) is 4.42. The Bertz CT molecular complexity index is 740. The topological polar surface area (TPSA) is 61.3 Å². The van der Waals surface area contributed by atoms with Crippen molar-refractivity contribution >= 4 is 32.7 Å². The first-order valence-electron chi connectivity index (χ1n) is 6.12. The Labute approximate surface area is 124 Å². The molecule has 0 saturated carbocycles. The number of hydrogen-bond donors (Lipinski definition) is 1. The number of methoxy groups -OCH3 is 1. The summed E-state index contributed by atoms with van der Waals surface area (Å²) in [5.74, 6) is 0.499. The molecular formula is C15H13BrN2O2. The summed E-state index contributed by atoms with van der Waals surface area (Å²) in [5.41, 5.74) is 8.78. The van der Waals surface area contributed by atoms with Gasteiger partial charge in [-0.05, 0) is 17.7 Å². The molecule has 0 aliphatic rings. The summed E-state index contributed by atoms with van der Waals surface area (Å²) < 4.78 is 12.2. The van der Waals surface area contributed by atoms with E-state index in [-0.39, 0.29) is 6.10 Å². The highest BCUT2D eigenvalue weighted by Crippen LogP contribution is 2.32. The normalized spacial score (nSPS) is 12.7. The molecule has 5 heteroatoms. The first-order valence-corrected chi connectivity index (χ1v) is 6.91. The third kappa shape index (κ3) is 2.30. The van der Waals surface area contributed by atoms with E-state index in [1.54, 1.807) is 13.2 Å². The van der Waals surface area contributed by atoms with Crippen LogP contribution in [0, 0.1) is 0 Å². The molecule has 0 spiro atoms. The standard InChI is InChI=1S/C15H13BrN2O2/c1-19-13(9-5-3-2-4-6-9)15-18-12-8-10(16)7-11(17)14(12)20-15/h2-8,13H,17H2,1H3. The molecule has 1 heterocycles. The van der Waals surface area contributed by atoms with Crippen LogP contribution >= 0.6 is 15.9 Å². The van der Waals surface area contributed by atoms with E-state index in [4.69, 9.17) is 14.9 Å². The molecule has 0 radical (unpaired) electrons. The van der Waals surface area contributed by atoms with Crippen molar-refractivity contribution in [3.8, 4) is 0 Å². The van der Waals surface area contributed by atoms with Crippen LogP contribution < -0.4 is 5.73 Å². The molecule has 4 nitrogen and oxygen atoms in total. The Kier molecular flexibility index (Phi) is 3.46. The predicted octanol–water partition coefficient (Wildman–Crippen LogP) is 3.91. The Morgan fingerprint density at radius 1 is 1.25 bits per heavy atom. The van der Waals surface area contributed by atoms with Gasteiger partial charge in [-0.3, -0.25) is 0 Å². The number of aromatic nitrogens is 1. The number of benzene rings is 2. The molecule has 1 unspecified atom stereocenters. The van der Waals surface area contributed by atoms with Crippen molar-refractivity contribution in [2.24, 2.45) is 0 Å². The number of nitrogens with zero attached hydrogens (tertiary/aromatic N) is 1. The van der Waals surface area contributed by atoms with Gasteiger partial charge in [-0.25, -0.2) is 4.98 Å². The van der Waals surface area contributed by atoms with Crippen molar-refractivity contribution in [1.82, 2.24) is 4.98 Å². The van der Waals surface area contributed by atoms with Gasteiger partial charge in [0.2, 0.25) is 5.89 Å². The number of rotatable bonds is 3. The first kappa shape index (κ1) is 13.1. The molecule has 0 aliphatic heterocycles. The van der Waals surface area contributed by atoms with Crippen LogP contribution in [0.5, 0.6) is 0 Å². The molecule has 1 atom stereocenters. The van der Waals surface area contributed by atoms with Gasteiger partial charge >= 0.3 is 0 Å². The van der Waals surface area contributed by atoms with Crippen LogP contribution in [0.2, 0.25) is 0 Å². The van der Waals surface area contributed by atoms with Crippen LogP contribution in [-0.2, 0) is 4.74 Å². The zero-order valence-corrected chi connectivity index (χ0v) is 12.4. The van der Waals surface area contributed by atoms with E-state index < -0.39 is 0 Å². The van der Waals surface area contributed by atoms with Gasteiger partial charge in [0.1, 0.15) is 5.52 Å². The fourth-order valence-electron chi connectivity index (χ4n) is 2.16. The zero-order chi connectivity index (χ0) is 14.1. The van der Waals surface area contributed by atoms with Crippen LogP contribution in [0.15, 0.2) is 51.4 Å². The highest BCUT2D eigenvalue weighted by atomic mass is 79.9. The molecule has 0 amide bonds. The summed E-state index contributed by atoms with van der Waals surface area (Å²) in [6.07, 6.45) is -0.346. The molecule has 20 heavy (non-hydrogen) atoms. The average Bonchev–Trinajstić information content (AvgIpc) is 2.84. The maximum absolute atomic E-state index is 5.95. The third-order valence-electron chi connectivity index (χ3n) is 3.06. The molecule has 0 saturated heterocycles. The smallest absolute Gasteiger partial charge is 0.229 e. The quantitative estimate of drug-likeness (QED) is 0.738. The van der Waals surface area contributed by atoms with E-state index in [0.29, 0.717) is 22.7 Å². The maximum Gasteiger partial charge on any atom is 0.229 e. The predicted molar refractivity (Wildman–Crippen MR) is 81.4 cm³/mol. The lowest BCUT2D eigenvalue weighted by molar-refractivity contribution is 0.113. The monoisotopic (exact) mass is 332 g/mol. The van der Waals surface area contributed by atoms with E-state index in [0.717, 1.165) is 10.0 Å². The summed E-state index contributed by atoms with van der Waals surface area (Å²) in [5, 5.41) is 0. The highest BCUT2D eigenvalue weighted by molar-refractivity contribution is 9.10. The van der Waals surface area contributed by atoms with E-state index in [1.807, 2.05) is 36.4 Å². The van der Waals surface area contributed by atoms with Crippen molar-refractivity contribution < 1.29 is 9.15 Å². The van der Waals surface area contributed by atoms with Crippen molar-refractivity contribution in [3.63, 3.8) is 0 Å². The molecular weight excluding hydrogens is 320 g/mol. The number of hydrogen-bond acceptors (Lipinski definition) is 4. The Balaban J connectivity index is 2.11. The van der Waals surface area contributed by atoms with E-state index in [9.17, 15) is 0 Å². The molecule has 2 N–H and O–H groups in total. The number of oxazole rings is 1. The summed E-state index contributed by atoms with van der Waals surface area (Å²) in [6, 6.07) is 13.5. The van der Waals surface area contributed by atoms with Gasteiger partial charge in [0.25, 0.3) is 0 Å². The van der Waals surface area contributed by atoms with Crippen LogP contribution in [0.25, 0.3) is 11.1 Å². The number of ether oxygens (including phenoxy) is 1. The van der Waals surface area contributed by atoms with Crippen LogP contribution in [0.4, 0.5) is 5.69 Å². The minimum Gasteiger partial charge on any atom is -0.435 e. The maximum atomic E-state index is 5.95. The van der Waals surface area contributed by atoms with E-state index in [1.165, 1.54) is 0 Å². The fraction of sp³-hybridized carbons (Fsp3) is 0.133. The van der Waals surface area contributed by atoms with Gasteiger partial charge in [-0.1, -0.05) is 46.3 Å². The number of anilines is 1. The SMILES string of the molecule is COC(c1ccccc1)c1nc2cc(Br)cc(N)c2o1. The summed E-state index contributed by atoms with van der Waals surface area (Å²) in [4.78, 5) is 4.48. The third-order valence-corrected chi connectivity index (χ3v) is 3.52. The lowest BCUT2D eigenvalue weighted by Crippen LogP contribution is -2.03. The largest absolute Gasteiger partial charge is 0.435 e.